The van der Waals surface area contributed by atoms with Gasteiger partial charge in [-0.1, -0.05) is 18.2 Å². The van der Waals surface area contributed by atoms with Crippen molar-refractivity contribution in [2.45, 2.75) is 39.8 Å². The first-order chi connectivity index (χ1) is 9.56. The van der Waals surface area contributed by atoms with Crippen LogP contribution in [0.3, 0.4) is 0 Å². The molecule has 0 fully saturated rings. The zero-order valence-electron chi connectivity index (χ0n) is 12.6. The van der Waals surface area contributed by atoms with Crippen LogP contribution in [0.15, 0.2) is 24.3 Å². The lowest BCUT2D eigenvalue weighted by Gasteiger charge is -2.18. The van der Waals surface area contributed by atoms with Crippen LogP contribution in [-0.2, 0) is 13.0 Å². The van der Waals surface area contributed by atoms with Crippen LogP contribution < -0.4 is 5.32 Å². The lowest BCUT2D eigenvalue weighted by atomic mass is 9.99. The van der Waals surface area contributed by atoms with Crippen molar-refractivity contribution in [3.8, 4) is 0 Å². The van der Waals surface area contributed by atoms with Crippen molar-refractivity contribution < 1.29 is 4.39 Å². The van der Waals surface area contributed by atoms with E-state index in [-0.39, 0.29) is 11.9 Å². The van der Waals surface area contributed by atoms with Gasteiger partial charge in [0.05, 0.1) is 5.69 Å². The molecule has 1 aromatic carbocycles. The normalized spacial score (nSPS) is 12.7. The van der Waals surface area contributed by atoms with Crippen LogP contribution in [-0.4, -0.2) is 16.8 Å². The largest absolute Gasteiger partial charge is 0.313 e. The maximum atomic E-state index is 14.3. The van der Waals surface area contributed by atoms with Gasteiger partial charge in [-0.2, -0.15) is 5.10 Å². The van der Waals surface area contributed by atoms with Crippen LogP contribution in [0.25, 0.3) is 0 Å². The van der Waals surface area contributed by atoms with Gasteiger partial charge < -0.3 is 5.32 Å². The topological polar surface area (TPSA) is 29.9 Å². The van der Waals surface area contributed by atoms with Crippen LogP contribution in [0.4, 0.5) is 4.39 Å². The summed E-state index contributed by atoms with van der Waals surface area (Å²) in [6.45, 7) is 6.68. The number of aryl methyl sites for hydroxylation is 3. The Labute approximate surface area is 119 Å². The lowest BCUT2D eigenvalue weighted by molar-refractivity contribution is 0.508. The molecule has 1 N–H and O–H groups in total. The molecule has 0 aliphatic rings. The summed E-state index contributed by atoms with van der Waals surface area (Å²) in [5, 5.41) is 7.66. The summed E-state index contributed by atoms with van der Waals surface area (Å²) in [6, 6.07) is 7.58. The van der Waals surface area contributed by atoms with E-state index in [1.165, 1.54) is 0 Å². The van der Waals surface area contributed by atoms with Gasteiger partial charge in [-0.3, -0.25) is 4.68 Å². The Kier molecular flexibility index (Phi) is 4.55. The first-order valence-electron chi connectivity index (χ1n) is 7.02. The van der Waals surface area contributed by atoms with Crippen molar-refractivity contribution in [3.63, 3.8) is 0 Å². The van der Waals surface area contributed by atoms with E-state index in [9.17, 15) is 4.39 Å². The predicted molar refractivity (Wildman–Crippen MR) is 79.3 cm³/mol. The average molecular weight is 275 g/mol. The molecule has 2 rings (SSSR count). The Morgan fingerprint density at radius 2 is 2.10 bits per heavy atom. The van der Waals surface area contributed by atoms with E-state index in [0.717, 1.165) is 24.4 Å². The standard InChI is InChI=1S/C16H22FN3/c1-5-20-13(9-12(3)19-20)10-15(18-4)14-8-6-7-11(2)16(14)17/h6-9,15,18H,5,10H2,1-4H3. The summed E-state index contributed by atoms with van der Waals surface area (Å²) >= 11 is 0. The Morgan fingerprint density at radius 1 is 1.35 bits per heavy atom. The number of hydrogen-bond acceptors (Lipinski definition) is 2. The third-order valence-corrected chi connectivity index (χ3v) is 3.64. The second-order valence-corrected chi connectivity index (χ2v) is 5.12. The van der Waals surface area contributed by atoms with Gasteiger partial charge in [-0.05, 0) is 39.4 Å². The van der Waals surface area contributed by atoms with E-state index in [1.54, 1.807) is 13.0 Å². The maximum Gasteiger partial charge on any atom is 0.130 e. The van der Waals surface area contributed by atoms with Gasteiger partial charge in [0.2, 0.25) is 0 Å². The zero-order valence-corrected chi connectivity index (χ0v) is 12.6. The number of benzene rings is 1. The highest BCUT2D eigenvalue weighted by atomic mass is 19.1. The van der Waals surface area contributed by atoms with E-state index >= 15 is 0 Å². The Hall–Kier alpha value is -1.68. The summed E-state index contributed by atoms with van der Waals surface area (Å²) in [7, 11) is 1.87. The third-order valence-electron chi connectivity index (χ3n) is 3.64. The zero-order chi connectivity index (χ0) is 14.7. The Balaban J connectivity index is 2.31. The van der Waals surface area contributed by atoms with E-state index in [0.29, 0.717) is 11.1 Å². The van der Waals surface area contributed by atoms with Crippen LogP contribution in [0, 0.1) is 19.7 Å². The molecule has 3 nitrogen and oxygen atoms in total. The molecule has 0 bridgehead atoms. The van der Waals surface area contributed by atoms with Gasteiger partial charge in [-0.15, -0.1) is 0 Å². The second-order valence-electron chi connectivity index (χ2n) is 5.12. The quantitative estimate of drug-likeness (QED) is 0.908. The molecular weight excluding hydrogens is 253 g/mol. The summed E-state index contributed by atoms with van der Waals surface area (Å²) in [5.74, 6) is -0.119. The van der Waals surface area contributed by atoms with Gasteiger partial charge in [0.25, 0.3) is 0 Å². The first kappa shape index (κ1) is 14.7. The number of likely N-dealkylation sites (N-methyl/N-ethyl adjacent to an activating group) is 1. The van der Waals surface area contributed by atoms with Gasteiger partial charge in [-0.25, -0.2) is 4.39 Å². The van der Waals surface area contributed by atoms with Crippen LogP contribution in [0.2, 0.25) is 0 Å². The van der Waals surface area contributed by atoms with Gasteiger partial charge in [0.1, 0.15) is 5.82 Å². The summed E-state index contributed by atoms with van der Waals surface area (Å²) in [5.41, 5.74) is 3.53. The van der Waals surface area contributed by atoms with E-state index < -0.39 is 0 Å². The minimum atomic E-state index is -0.119. The molecule has 0 radical (unpaired) electrons. The van der Waals surface area contributed by atoms with Gasteiger partial charge >= 0.3 is 0 Å². The minimum absolute atomic E-state index is 0.0451. The number of nitrogens with zero attached hydrogens (tertiary/aromatic N) is 2. The molecule has 0 aliphatic heterocycles. The van der Waals surface area contributed by atoms with Crippen molar-refractivity contribution in [3.05, 3.63) is 52.6 Å². The molecule has 0 spiro atoms. The SMILES string of the molecule is CCn1nc(C)cc1CC(NC)c1cccc(C)c1F. The van der Waals surface area contributed by atoms with Crippen molar-refractivity contribution in [1.82, 2.24) is 15.1 Å². The third kappa shape index (κ3) is 2.90. The Morgan fingerprint density at radius 3 is 2.75 bits per heavy atom. The molecule has 4 heteroatoms. The maximum absolute atomic E-state index is 14.3. The molecule has 0 aliphatic carbocycles. The molecule has 2 aromatic rings. The van der Waals surface area contributed by atoms with Crippen LogP contribution >= 0.6 is 0 Å². The molecule has 1 heterocycles. The minimum Gasteiger partial charge on any atom is -0.313 e. The monoisotopic (exact) mass is 275 g/mol. The van der Waals surface area contributed by atoms with E-state index in [1.807, 2.05) is 30.8 Å². The predicted octanol–water partition coefficient (Wildman–Crippen LogP) is 3.16. The summed E-state index contributed by atoms with van der Waals surface area (Å²) < 4.78 is 16.2. The molecule has 20 heavy (non-hydrogen) atoms. The fraction of sp³-hybridized carbons (Fsp3) is 0.438. The number of aromatic nitrogens is 2. The highest BCUT2D eigenvalue weighted by molar-refractivity contribution is 5.29. The lowest BCUT2D eigenvalue weighted by Crippen LogP contribution is -2.22. The highest BCUT2D eigenvalue weighted by Crippen LogP contribution is 2.23. The van der Waals surface area contributed by atoms with Crippen LogP contribution in [0.5, 0.6) is 0 Å². The molecular formula is C16H22FN3. The number of halogens is 1. The smallest absolute Gasteiger partial charge is 0.130 e. The molecule has 1 aromatic heterocycles. The average Bonchev–Trinajstić information content (AvgIpc) is 2.79. The Bertz CT molecular complexity index is 589. The van der Waals surface area contributed by atoms with Crippen molar-refractivity contribution in [1.29, 1.82) is 0 Å². The van der Waals surface area contributed by atoms with Crippen LogP contribution in [0.1, 0.15) is 35.5 Å². The fourth-order valence-corrected chi connectivity index (χ4v) is 2.55. The molecule has 1 atom stereocenters. The summed E-state index contributed by atoms with van der Waals surface area (Å²) in [6.07, 6.45) is 0.728. The molecule has 0 saturated carbocycles. The molecule has 0 amide bonds. The van der Waals surface area contributed by atoms with Gasteiger partial charge in [0, 0.05) is 30.3 Å². The number of rotatable bonds is 5. The molecule has 1 unspecified atom stereocenters. The van der Waals surface area contributed by atoms with E-state index in [4.69, 9.17) is 0 Å². The number of hydrogen-bond donors (Lipinski definition) is 1. The van der Waals surface area contributed by atoms with Crippen molar-refractivity contribution in [2.75, 3.05) is 7.05 Å². The number of nitrogens with one attached hydrogen (secondary N) is 1. The summed E-state index contributed by atoms with van der Waals surface area (Å²) in [4.78, 5) is 0. The molecule has 0 saturated heterocycles. The van der Waals surface area contributed by atoms with Crippen molar-refractivity contribution in [2.24, 2.45) is 0 Å². The highest BCUT2D eigenvalue weighted by Gasteiger charge is 2.18. The van der Waals surface area contributed by atoms with Crippen molar-refractivity contribution >= 4 is 0 Å². The fourth-order valence-electron chi connectivity index (χ4n) is 2.55. The second kappa shape index (κ2) is 6.18. The molecule has 108 valence electrons. The first-order valence-corrected chi connectivity index (χ1v) is 7.02. The van der Waals surface area contributed by atoms with E-state index in [2.05, 4.69) is 23.4 Å². The van der Waals surface area contributed by atoms with Gasteiger partial charge in [0.15, 0.2) is 0 Å².